The van der Waals surface area contributed by atoms with Gasteiger partial charge in [0.25, 0.3) is 5.91 Å². The van der Waals surface area contributed by atoms with E-state index in [9.17, 15) is 4.79 Å². The topological polar surface area (TPSA) is 63.3 Å². The first kappa shape index (κ1) is 18.5. The largest absolute Gasteiger partial charge is 0.454 e. The normalized spacial score (nSPS) is 11.2. The highest BCUT2D eigenvalue weighted by Gasteiger charge is 2.14. The molecule has 0 aliphatic rings. The molecule has 0 spiro atoms. The molecule has 1 amide bonds. The molecule has 1 N–H and O–H groups in total. The number of carbonyl (C=O) groups excluding carboxylic acids is 1. The summed E-state index contributed by atoms with van der Waals surface area (Å²) in [6.45, 7) is 11.8. The summed E-state index contributed by atoms with van der Waals surface area (Å²) >= 11 is 6.14. The third kappa shape index (κ3) is 4.39. The van der Waals surface area contributed by atoms with Gasteiger partial charge in [0.05, 0.1) is 23.0 Å². The van der Waals surface area contributed by atoms with E-state index in [-0.39, 0.29) is 5.91 Å². The van der Waals surface area contributed by atoms with Gasteiger partial charge in [0.2, 0.25) is 0 Å². The Bertz CT molecular complexity index is 689. The summed E-state index contributed by atoms with van der Waals surface area (Å²) in [4.78, 5) is 14.4. The van der Waals surface area contributed by atoms with Gasteiger partial charge in [-0.3, -0.25) is 9.48 Å². The van der Waals surface area contributed by atoms with Crippen LogP contribution >= 0.6 is 11.6 Å². The van der Waals surface area contributed by atoms with Crippen molar-refractivity contribution in [1.29, 1.82) is 0 Å². The highest BCUT2D eigenvalue weighted by atomic mass is 35.5. The lowest BCUT2D eigenvalue weighted by Gasteiger charge is -2.17. The van der Waals surface area contributed by atoms with Gasteiger partial charge in [-0.05, 0) is 39.1 Å². The van der Waals surface area contributed by atoms with Crippen LogP contribution < -0.4 is 5.32 Å². The third-order valence-electron chi connectivity index (χ3n) is 4.09. The third-order valence-corrected chi connectivity index (χ3v) is 4.64. The first-order valence-electron chi connectivity index (χ1n) is 8.25. The van der Waals surface area contributed by atoms with Crippen LogP contribution in [0.2, 0.25) is 5.02 Å². The van der Waals surface area contributed by atoms with Gasteiger partial charge in [-0.25, -0.2) is 0 Å². The van der Waals surface area contributed by atoms with Crippen LogP contribution in [0.3, 0.4) is 0 Å². The van der Waals surface area contributed by atoms with Gasteiger partial charge in [0.1, 0.15) is 5.76 Å². The van der Waals surface area contributed by atoms with E-state index in [4.69, 9.17) is 16.0 Å². The molecule has 0 aromatic carbocycles. The Kier molecular flexibility index (Phi) is 6.45. The number of hydrogen-bond donors (Lipinski definition) is 1. The number of nitrogens with one attached hydrogen (secondary N) is 1. The van der Waals surface area contributed by atoms with Crippen molar-refractivity contribution < 1.29 is 9.21 Å². The quantitative estimate of drug-likeness (QED) is 0.793. The van der Waals surface area contributed by atoms with Gasteiger partial charge >= 0.3 is 0 Å². The fourth-order valence-corrected chi connectivity index (χ4v) is 2.65. The van der Waals surface area contributed by atoms with Crippen LogP contribution in [0, 0.1) is 13.8 Å². The van der Waals surface area contributed by atoms with E-state index in [2.05, 4.69) is 29.2 Å². The number of rotatable bonds is 8. The smallest absolute Gasteiger partial charge is 0.287 e. The molecule has 2 rings (SSSR count). The second kappa shape index (κ2) is 8.35. The SMILES string of the molecule is CCN(CC)CCNC(=O)c1ccc(Cn2nc(C)c(Cl)c2C)o1. The number of amides is 1. The lowest BCUT2D eigenvalue weighted by Crippen LogP contribution is -2.34. The Morgan fingerprint density at radius 1 is 1.33 bits per heavy atom. The zero-order valence-electron chi connectivity index (χ0n) is 14.7. The maximum atomic E-state index is 12.1. The average Bonchev–Trinajstić information content (AvgIpc) is 3.13. The lowest BCUT2D eigenvalue weighted by atomic mass is 10.3. The summed E-state index contributed by atoms with van der Waals surface area (Å²) in [6, 6.07) is 3.49. The second-order valence-corrected chi connectivity index (χ2v) is 6.07. The molecule has 0 aliphatic heterocycles. The van der Waals surface area contributed by atoms with E-state index in [1.54, 1.807) is 16.8 Å². The predicted octanol–water partition coefficient (Wildman–Crippen LogP) is 2.87. The molecule has 6 nitrogen and oxygen atoms in total. The molecule has 2 aromatic heterocycles. The molecule has 0 bridgehead atoms. The lowest BCUT2D eigenvalue weighted by molar-refractivity contribution is 0.0919. The van der Waals surface area contributed by atoms with Crippen LogP contribution in [0.1, 0.15) is 41.6 Å². The van der Waals surface area contributed by atoms with Crippen molar-refractivity contribution in [2.75, 3.05) is 26.2 Å². The van der Waals surface area contributed by atoms with Gasteiger partial charge < -0.3 is 14.6 Å². The van der Waals surface area contributed by atoms with E-state index >= 15 is 0 Å². The Hall–Kier alpha value is -1.79. The molecule has 0 saturated heterocycles. The van der Waals surface area contributed by atoms with Crippen LogP contribution in [0.5, 0.6) is 0 Å². The summed E-state index contributed by atoms with van der Waals surface area (Å²) in [7, 11) is 0. The van der Waals surface area contributed by atoms with Crippen molar-refractivity contribution in [2.45, 2.75) is 34.2 Å². The van der Waals surface area contributed by atoms with E-state index in [0.29, 0.717) is 29.6 Å². The monoisotopic (exact) mass is 352 g/mol. The number of furan rings is 1. The van der Waals surface area contributed by atoms with Crippen molar-refractivity contribution >= 4 is 17.5 Å². The zero-order valence-corrected chi connectivity index (χ0v) is 15.5. The fraction of sp³-hybridized carbons (Fsp3) is 0.529. The molecule has 7 heteroatoms. The van der Waals surface area contributed by atoms with Crippen LogP contribution in [0.4, 0.5) is 0 Å². The maximum absolute atomic E-state index is 12.1. The van der Waals surface area contributed by atoms with E-state index < -0.39 is 0 Å². The second-order valence-electron chi connectivity index (χ2n) is 5.69. The summed E-state index contributed by atoms with van der Waals surface area (Å²) in [6.07, 6.45) is 0. The molecule has 0 radical (unpaired) electrons. The minimum absolute atomic E-state index is 0.195. The van der Waals surface area contributed by atoms with E-state index in [0.717, 1.165) is 31.0 Å². The van der Waals surface area contributed by atoms with Gasteiger partial charge in [-0.15, -0.1) is 0 Å². The Morgan fingerprint density at radius 3 is 2.62 bits per heavy atom. The minimum Gasteiger partial charge on any atom is -0.454 e. The van der Waals surface area contributed by atoms with Crippen molar-refractivity contribution in [3.05, 3.63) is 40.1 Å². The van der Waals surface area contributed by atoms with Crippen LogP contribution in [-0.4, -0.2) is 46.8 Å². The molecule has 0 unspecified atom stereocenters. The number of carbonyl (C=O) groups is 1. The van der Waals surface area contributed by atoms with Gasteiger partial charge in [0.15, 0.2) is 5.76 Å². The number of aromatic nitrogens is 2. The zero-order chi connectivity index (χ0) is 17.7. The predicted molar refractivity (Wildman–Crippen MR) is 94.6 cm³/mol. The molecule has 24 heavy (non-hydrogen) atoms. The highest BCUT2D eigenvalue weighted by Crippen LogP contribution is 2.20. The summed E-state index contributed by atoms with van der Waals surface area (Å²) in [5.41, 5.74) is 1.67. The van der Waals surface area contributed by atoms with Crippen LogP contribution in [0.15, 0.2) is 16.5 Å². The van der Waals surface area contributed by atoms with Crippen molar-refractivity contribution in [2.24, 2.45) is 0 Å². The standard InChI is InChI=1S/C17H25ClN4O2/c1-5-21(6-2)10-9-19-17(23)15-8-7-14(24-15)11-22-13(4)16(18)12(3)20-22/h7-8H,5-6,9-11H2,1-4H3,(H,19,23). The minimum atomic E-state index is -0.195. The summed E-state index contributed by atoms with van der Waals surface area (Å²) in [5, 5.41) is 7.91. The van der Waals surface area contributed by atoms with E-state index in [1.165, 1.54) is 0 Å². The molecule has 0 atom stereocenters. The van der Waals surface area contributed by atoms with Gasteiger partial charge in [-0.1, -0.05) is 25.4 Å². The van der Waals surface area contributed by atoms with Gasteiger partial charge in [0, 0.05) is 13.1 Å². The first-order valence-corrected chi connectivity index (χ1v) is 8.62. The Balaban J connectivity index is 1.92. The van der Waals surface area contributed by atoms with Crippen molar-refractivity contribution in [3.63, 3.8) is 0 Å². The Labute approximate surface area is 147 Å². The molecule has 0 fully saturated rings. The number of likely N-dealkylation sites (N-methyl/N-ethyl adjacent to an activating group) is 1. The molecule has 132 valence electrons. The van der Waals surface area contributed by atoms with Crippen molar-refractivity contribution in [1.82, 2.24) is 20.0 Å². The summed E-state index contributed by atoms with van der Waals surface area (Å²) in [5.74, 6) is 0.795. The number of halogens is 1. The van der Waals surface area contributed by atoms with E-state index in [1.807, 2.05) is 13.8 Å². The fourth-order valence-electron chi connectivity index (χ4n) is 2.52. The molecule has 0 saturated carbocycles. The van der Waals surface area contributed by atoms with Crippen LogP contribution in [-0.2, 0) is 6.54 Å². The molecular formula is C17H25ClN4O2. The number of hydrogen-bond acceptors (Lipinski definition) is 4. The van der Waals surface area contributed by atoms with Crippen LogP contribution in [0.25, 0.3) is 0 Å². The molecule has 2 heterocycles. The maximum Gasteiger partial charge on any atom is 0.287 e. The molecular weight excluding hydrogens is 328 g/mol. The molecule has 2 aromatic rings. The number of nitrogens with zero attached hydrogens (tertiary/aromatic N) is 3. The average molecular weight is 353 g/mol. The van der Waals surface area contributed by atoms with Crippen molar-refractivity contribution in [3.8, 4) is 0 Å². The Morgan fingerprint density at radius 2 is 2.04 bits per heavy atom. The molecule has 0 aliphatic carbocycles. The summed E-state index contributed by atoms with van der Waals surface area (Å²) < 4.78 is 7.41. The first-order chi connectivity index (χ1) is 11.5. The number of aryl methyl sites for hydroxylation is 1. The van der Waals surface area contributed by atoms with Gasteiger partial charge in [-0.2, -0.15) is 5.10 Å². The highest BCUT2D eigenvalue weighted by molar-refractivity contribution is 6.31.